The van der Waals surface area contributed by atoms with Gasteiger partial charge in [-0.2, -0.15) is 0 Å². The van der Waals surface area contributed by atoms with Crippen molar-refractivity contribution in [2.45, 2.75) is 44.2 Å². The van der Waals surface area contributed by atoms with E-state index in [9.17, 15) is 9.90 Å². The second kappa shape index (κ2) is 5.73. The van der Waals surface area contributed by atoms with E-state index in [2.05, 4.69) is 27.9 Å². The largest absolute Gasteiger partial charge is 0.388 e. The number of nitrogens with one attached hydrogen (secondary N) is 2. The van der Waals surface area contributed by atoms with E-state index < -0.39 is 5.60 Å². The molecule has 0 spiro atoms. The number of rotatable bonds is 4. The average molecular weight is 293 g/mol. The second-order valence-electron chi connectivity index (χ2n) is 6.50. The van der Waals surface area contributed by atoms with Crippen LogP contribution in [0.1, 0.15) is 49.1 Å². The smallest absolute Gasteiger partial charge is 0.273 e. The van der Waals surface area contributed by atoms with E-state index in [1.807, 2.05) is 0 Å². The van der Waals surface area contributed by atoms with Gasteiger partial charge >= 0.3 is 0 Å². The lowest BCUT2D eigenvalue weighted by atomic mass is 9.79. The summed E-state index contributed by atoms with van der Waals surface area (Å²) in [5, 5.41) is 24.4. The maximum atomic E-state index is 12.1. The van der Waals surface area contributed by atoms with Crippen molar-refractivity contribution in [3.8, 4) is 0 Å². The molecular weight excluding hydrogens is 270 g/mol. The zero-order chi connectivity index (χ0) is 14.9. The van der Waals surface area contributed by atoms with Crippen LogP contribution in [0.3, 0.4) is 0 Å². The molecule has 0 bridgehead atoms. The highest BCUT2D eigenvalue weighted by Crippen LogP contribution is 2.31. The molecule has 2 fully saturated rings. The highest BCUT2D eigenvalue weighted by molar-refractivity contribution is 5.91. The molecule has 1 aromatic heterocycles. The Labute approximate surface area is 124 Å². The van der Waals surface area contributed by atoms with E-state index in [0.29, 0.717) is 17.7 Å². The van der Waals surface area contributed by atoms with E-state index in [1.165, 1.54) is 0 Å². The van der Waals surface area contributed by atoms with Gasteiger partial charge in [0.15, 0.2) is 5.69 Å². The molecule has 1 aromatic rings. The fraction of sp³-hybridized carbons (Fsp3) is 0.786. The van der Waals surface area contributed by atoms with Gasteiger partial charge in [0.05, 0.1) is 17.8 Å². The number of hydrogen-bond donors (Lipinski definition) is 3. The molecule has 1 amide bonds. The van der Waals surface area contributed by atoms with E-state index in [-0.39, 0.29) is 12.5 Å². The molecule has 2 unspecified atom stereocenters. The zero-order valence-corrected chi connectivity index (χ0v) is 12.4. The summed E-state index contributed by atoms with van der Waals surface area (Å²) < 4.78 is 1.73. The summed E-state index contributed by atoms with van der Waals surface area (Å²) in [5.41, 5.74) is -0.462. The van der Waals surface area contributed by atoms with Crippen molar-refractivity contribution in [2.24, 2.45) is 5.92 Å². The lowest BCUT2D eigenvalue weighted by Crippen LogP contribution is -2.46. The predicted octanol–water partition coefficient (Wildman–Crippen LogP) is 0.0934. The Morgan fingerprint density at radius 2 is 2.43 bits per heavy atom. The molecule has 21 heavy (non-hydrogen) atoms. The van der Waals surface area contributed by atoms with Gasteiger partial charge in [-0.3, -0.25) is 4.79 Å². The van der Waals surface area contributed by atoms with Crippen molar-refractivity contribution in [1.29, 1.82) is 0 Å². The van der Waals surface area contributed by atoms with Gasteiger partial charge in [0.2, 0.25) is 0 Å². The van der Waals surface area contributed by atoms with Gasteiger partial charge in [-0.25, -0.2) is 4.68 Å². The molecule has 0 radical (unpaired) electrons. The van der Waals surface area contributed by atoms with Crippen LogP contribution in [0.15, 0.2) is 6.20 Å². The molecule has 1 saturated carbocycles. The summed E-state index contributed by atoms with van der Waals surface area (Å²) >= 11 is 0. The lowest BCUT2D eigenvalue weighted by Gasteiger charge is -2.35. The van der Waals surface area contributed by atoms with Gasteiger partial charge < -0.3 is 15.7 Å². The molecule has 1 aliphatic carbocycles. The minimum Gasteiger partial charge on any atom is -0.388 e. The number of carbonyl (C=O) groups is 1. The topological polar surface area (TPSA) is 92.1 Å². The standard InChI is InChI=1S/C14H23N5O2/c1-10-3-2-4-14(21,5-10)9-16-13(20)12-8-19(18-17-12)11-6-15-7-11/h8,10-11,15,21H,2-7,9H2,1H3,(H,16,20). The zero-order valence-electron chi connectivity index (χ0n) is 12.4. The van der Waals surface area contributed by atoms with Gasteiger partial charge in [0.25, 0.3) is 5.91 Å². The molecular formula is C14H23N5O2. The monoisotopic (exact) mass is 293 g/mol. The fourth-order valence-corrected chi connectivity index (χ4v) is 3.15. The third kappa shape index (κ3) is 3.24. The van der Waals surface area contributed by atoms with Crippen molar-refractivity contribution in [2.75, 3.05) is 19.6 Å². The first-order valence-electron chi connectivity index (χ1n) is 7.69. The summed E-state index contributed by atoms with van der Waals surface area (Å²) in [7, 11) is 0. The van der Waals surface area contributed by atoms with Crippen LogP contribution in [-0.4, -0.2) is 51.2 Å². The van der Waals surface area contributed by atoms with Crippen LogP contribution in [0.2, 0.25) is 0 Å². The van der Waals surface area contributed by atoms with Gasteiger partial charge in [0, 0.05) is 19.6 Å². The van der Waals surface area contributed by atoms with Crippen molar-refractivity contribution < 1.29 is 9.90 Å². The van der Waals surface area contributed by atoms with Crippen LogP contribution in [0.4, 0.5) is 0 Å². The summed E-state index contributed by atoms with van der Waals surface area (Å²) in [4.78, 5) is 12.1. The van der Waals surface area contributed by atoms with Gasteiger partial charge in [-0.15, -0.1) is 5.10 Å². The van der Waals surface area contributed by atoms with Crippen molar-refractivity contribution in [3.63, 3.8) is 0 Å². The maximum Gasteiger partial charge on any atom is 0.273 e. The van der Waals surface area contributed by atoms with Crippen molar-refractivity contribution in [3.05, 3.63) is 11.9 Å². The molecule has 2 aliphatic rings. The summed E-state index contributed by atoms with van der Waals surface area (Å²) in [6, 6.07) is 0.294. The normalized spacial score (nSPS) is 29.9. The lowest BCUT2D eigenvalue weighted by molar-refractivity contribution is -0.0109. The Morgan fingerprint density at radius 1 is 1.62 bits per heavy atom. The van der Waals surface area contributed by atoms with E-state index in [1.54, 1.807) is 10.9 Å². The number of aliphatic hydroxyl groups is 1. The highest BCUT2D eigenvalue weighted by Gasteiger charge is 2.33. The Hall–Kier alpha value is -1.47. The predicted molar refractivity (Wildman–Crippen MR) is 76.8 cm³/mol. The molecule has 0 aromatic carbocycles. The van der Waals surface area contributed by atoms with Crippen LogP contribution >= 0.6 is 0 Å². The Balaban J connectivity index is 1.54. The van der Waals surface area contributed by atoms with E-state index in [0.717, 1.165) is 38.8 Å². The molecule has 2 heterocycles. The SMILES string of the molecule is CC1CCCC(O)(CNC(=O)c2cn(C3CNC3)nn2)C1. The third-order valence-corrected chi connectivity index (χ3v) is 4.52. The van der Waals surface area contributed by atoms with Gasteiger partial charge in [0.1, 0.15) is 0 Å². The van der Waals surface area contributed by atoms with Crippen LogP contribution in [0.5, 0.6) is 0 Å². The van der Waals surface area contributed by atoms with Crippen LogP contribution in [-0.2, 0) is 0 Å². The number of carbonyl (C=O) groups excluding carboxylic acids is 1. The second-order valence-corrected chi connectivity index (χ2v) is 6.50. The molecule has 1 aliphatic heterocycles. The first-order valence-corrected chi connectivity index (χ1v) is 7.69. The number of aromatic nitrogens is 3. The Bertz CT molecular complexity index is 513. The van der Waals surface area contributed by atoms with Gasteiger partial charge in [-0.1, -0.05) is 25.0 Å². The van der Waals surface area contributed by atoms with Crippen molar-refractivity contribution in [1.82, 2.24) is 25.6 Å². The first kappa shape index (κ1) is 14.5. The molecule has 2 atom stereocenters. The highest BCUT2D eigenvalue weighted by atomic mass is 16.3. The molecule has 7 heteroatoms. The average Bonchev–Trinajstić information content (AvgIpc) is 2.83. The summed E-state index contributed by atoms with van der Waals surface area (Å²) in [6.07, 6.45) is 5.33. The quantitative estimate of drug-likeness (QED) is 0.732. The summed E-state index contributed by atoms with van der Waals surface area (Å²) in [5.74, 6) is 0.243. The van der Waals surface area contributed by atoms with Gasteiger partial charge in [-0.05, 0) is 18.8 Å². The van der Waals surface area contributed by atoms with E-state index in [4.69, 9.17) is 0 Å². The third-order valence-electron chi connectivity index (χ3n) is 4.52. The summed E-state index contributed by atoms with van der Waals surface area (Å²) in [6.45, 7) is 4.16. The molecule has 7 nitrogen and oxygen atoms in total. The van der Waals surface area contributed by atoms with E-state index >= 15 is 0 Å². The minimum atomic E-state index is -0.777. The minimum absolute atomic E-state index is 0.264. The molecule has 3 N–H and O–H groups in total. The fourth-order valence-electron chi connectivity index (χ4n) is 3.15. The first-order chi connectivity index (χ1) is 10.1. The van der Waals surface area contributed by atoms with Crippen molar-refractivity contribution >= 4 is 5.91 Å². The Kier molecular flexibility index (Phi) is 3.95. The molecule has 3 rings (SSSR count). The van der Waals surface area contributed by atoms with Crippen LogP contribution in [0.25, 0.3) is 0 Å². The number of hydrogen-bond acceptors (Lipinski definition) is 5. The Morgan fingerprint density at radius 3 is 3.10 bits per heavy atom. The molecule has 116 valence electrons. The maximum absolute atomic E-state index is 12.1. The van der Waals surface area contributed by atoms with Crippen LogP contribution in [0, 0.1) is 5.92 Å². The number of nitrogens with zero attached hydrogens (tertiary/aromatic N) is 3. The molecule has 1 saturated heterocycles. The van der Waals surface area contributed by atoms with Crippen LogP contribution < -0.4 is 10.6 Å². The number of amides is 1.